The summed E-state index contributed by atoms with van der Waals surface area (Å²) in [6, 6.07) is 4.15. The van der Waals surface area contributed by atoms with Crippen LogP contribution in [0.2, 0.25) is 5.02 Å². The number of nitro groups is 1. The van der Waals surface area contributed by atoms with Crippen LogP contribution in [0.25, 0.3) is 0 Å². The average Bonchev–Trinajstić information content (AvgIpc) is 2.92. The molecule has 1 heterocycles. The minimum Gasteiger partial charge on any atom is -0.288 e. The molecule has 1 aromatic carbocycles. The SMILES string of the molecule is CCCCCNN1CC(C)=C(C(=O)c2ccc(Cl)c([N+](=O)[O-])c2)S1. The van der Waals surface area contributed by atoms with Crippen molar-refractivity contribution in [2.75, 3.05) is 13.1 Å². The molecule has 6 nitrogen and oxygen atoms in total. The molecule has 0 atom stereocenters. The lowest BCUT2D eigenvalue weighted by molar-refractivity contribution is -0.384. The second-order valence-corrected chi connectivity index (χ2v) is 7.04. The van der Waals surface area contributed by atoms with Crippen molar-refractivity contribution >= 4 is 35.0 Å². The van der Waals surface area contributed by atoms with E-state index in [1.54, 1.807) is 0 Å². The first-order valence-corrected chi connectivity index (χ1v) is 8.96. The van der Waals surface area contributed by atoms with Gasteiger partial charge < -0.3 is 0 Å². The molecule has 0 aromatic heterocycles. The summed E-state index contributed by atoms with van der Waals surface area (Å²) in [5, 5.41) is 11.0. The maximum Gasteiger partial charge on any atom is 0.288 e. The molecular weight excluding hydrogens is 350 g/mol. The van der Waals surface area contributed by atoms with Gasteiger partial charge in [0.05, 0.1) is 9.83 Å². The molecular formula is C16H20ClN3O3S. The first-order chi connectivity index (χ1) is 11.4. The lowest BCUT2D eigenvalue weighted by atomic mass is 10.1. The van der Waals surface area contributed by atoms with Crippen LogP contribution in [0.4, 0.5) is 5.69 Å². The van der Waals surface area contributed by atoms with Gasteiger partial charge in [0, 0.05) is 24.7 Å². The standard InChI is InChI=1S/C16H20ClN3O3S/c1-3-4-5-8-18-19-10-11(2)16(24-19)15(21)12-6-7-13(17)14(9-12)20(22)23/h6-7,9,18H,3-5,8,10H2,1-2H3. The van der Waals surface area contributed by atoms with Crippen LogP contribution in [0.15, 0.2) is 28.7 Å². The van der Waals surface area contributed by atoms with Gasteiger partial charge in [-0.05, 0) is 43.0 Å². The van der Waals surface area contributed by atoms with Gasteiger partial charge in [-0.2, -0.15) is 4.41 Å². The molecule has 8 heteroatoms. The number of hydrogen-bond donors (Lipinski definition) is 1. The zero-order valence-corrected chi connectivity index (χ0v) is 15.2. The summed E-state index contributed by atoms with van der Waals surface area (Å²) < 4.78 is 1.93. The maximum atomic E-state index is 12.7. The van der Waals surface area contributed by atoms with Gasteiger partial charge in [0.25, 0.3) is 5.69 Å². The van der Waals surface area contributed by atoms with E-state index in [1.165, 1.54) is 30.1 Å². The van der Waals surface area contributed by atoms with Crippen molar-refractivity contribution in [3.8, 4) is 0 Å². The summed E-state index contributed by atoms with van der Waals surface area (Å²) in [5.74, 6) is -0.213. The molecule has 0 saturated carbocycles. The van der Waals surface area contributed by atoms with Crippen molar-refractivity contribution < 1.29 is 9.72 Å². The van der Waals surface area contributed by atoms with Gasteiger partial charge in [-0.15, -0.1) is 0 Å². The summed E-state index contributed by atoms with van der Waals surface area (Å²) >= 11 is 7.15. The fourth-order valence-corrected chi connectivity index (χ4v) is 3.58. The number of nitro benzene ring substituents is 1. The molecule has 0 amide bonds. The van der Waals surface area contributed by atoms with E-state index in [-0.39, 0.29) is 22.1 Å². The number of hydrogen-bond acceptors (Lipinski definition) is 6. The Kier molecular flexibility index (Phi) is 6.79. The second kappa shape index (κ2) is 8.62. The van der Waals surface area contributed by atoms with Crippen LogP contribution in [-0.2, 0) is 0 Å². The first-order valence-electron chi connectivity index (χ1n) is 7.81. The number of Topliss-reactive ketones (excluding diaryl/α,β-unsaturated/α-hetero) is 1. The Balaban J connectivity index is 2.06. The third-order valence-electron chi connectivity index (χ3n) is 3.65. The second-order valence-electron chi connectivity index (χ2n) is 5.61. The smallest absolute Gasteiger partial charge is 0.288 e. The van der Waals surface area contributed by atoms with Crippen LogP contribution in [0.3, 0.4) is 0 Å². The molecule has 1 aliphatic rings. The highest BCUT2D eigenvalue weighted by Crippen LogP contribution is 2.35. The Hall–Kier alpha value is -1.41. The predicted octanol–water partition coefficient (Wildman–Crippen LogP) is 4.36. The van der Waals surface area contributed by atoms with E-state index in [2.05, 4.69) is 12.3 Å². The van der Waals surface area contributed by atoms with Crippen molar-refractivity contribution in [2.45, 2.75) is 33.1 Å². The molecule has 2 rings (SSSR count). The summed E-state index contributed by atoms with van der Waals surface area (Å²) in [7, 11) is 0. The number of hydrazine groups is 1. The number of benzene rings is 1. The topological polar surface area (TPSA) is 75.5 Å². The minimum absolute atomic E-state index is 0.0283. The summed E-state index contributed by atoms with van der Waals surface area (Å²) in [5.41, 5.74) is 4.27. The third kappa shape index (κ3) is 4.57. The zero-order valence-electron chi connectivity index (χ0n) is 13.7. The molecule has 0 fully saturated rings. The lowest BCUT2D eigenvalue weighted by Crippen LogP contribution is -2.31. The normalized spacial score (nSPS) is 15.1. The average molecular weight is 370 g/mol. The molecule has 0 spiro atoms. The molecule has 130 valence electrons. The zero-order chi connectivity index (χ0) is 17.7. The first kappa shape index (κ1) is 18.9. The van der Waals surface area contributed by atoms with Gasteiger partial charge in [-0.3, -0.25) is 14.9 Å². The Morgan fingerprint density at radius 3 is 2.88 bits per heavy atom. The van der Waals surface area contributed by atoms with Crippen molar-refractivity contribution in [1.82, 2.24) is 9.84 Å². The number of nitrogens with zero attached hydrogens (tertiary/aromatic N) is 2. The van der Waals surface area contributed by atoms with E-state index in [4.69, 9.17) is 11.6 Å². The molecule has 1 aliphatic heterocycles. The van der Waals surface area contributed by atoms with Crippen LogP contribution in [0.5, 0.6) is 0 Å². The van der Waals surface area contributed by atoms with Crippen LogP contribution in [-0.4, -0.2) is 28.2 Å². The van der Waals surface area contributed by atoms with Crippen LogP contribution in [0, 0.1) is 10.1 Å². The number of carbonyl (C=O) groups excluding carboxylic acids is 1. The van der Waals surface area contributed by atoms with Crippen molar-refractivity contribution in [3.63, 3.8) is 0 Å². The molecule has 1 N–H and O–H groups in total. The molecule has 24 heavy (non-hydrogen) atoms. The molecule has 0 aliphatic carbocycles. The van der Waals surface area contributed by atoms with Crippen LogP contribution >= 0.6 is 23.5 Å². The van der Waals surface area contributed by atoms with Gasteiger partial charge in [-0.1, -0.05) is 31.4 Å². The fraction of sp³-hybridized carbons (Fsp3) is 0.438. The van der Waals surface area contributed by atoms with E-state index >= 15 is 0 Å². The summed E-state index contributed by atoms with van der Waals surface area (Å²) in [6.45, 7) is 5.56. The Morgan fingerprint density at radius 2 is 2.21 bits per heavy atom. The largest absolute Gasteiger partial charge is 0.288 e. The number of rotatable bonds is 8. The van der Waals surface area contributed by atoms with E-state index in [0.717, 1.165) is 31.4 Å². The number of nitrogens with one attached hydrogen (secondary N) is 1. The Morgan fingerprint density at radius 1 is 1.46 bits per heavy atom. The maximum absolute atomic E-state index is 12.7. The highest BCUT2D eigenvalue weighted by atomic mass is 35.5. The quantitative estimate of drug-likeness (QED) is 0.241. The van der Waals surface area contributed by atoms with Crippen molar-refractivity contribution in [2.24, 2.45) is 0 Å². The highest BCUT2D eigenvalue weighted by Gasteiger charge is 2.27. The van der Waals surface area contributed by atoms with Crippen LogP contribution in [0.1, 0.15) is 43.5 Å². The van der Waals surface area contributed by atoms with E-state index in [9.17, 15) is 14.9 Å². The molecule has 0 unspecified atom stereocenters. The molecule has 1 aromatic rings. The number of allylic oxidation sites excluding steroid dienone is 1. The lowest BCUT2D eigenvalue weighted by Gasteiger charge is -2.15. The fourth-order valence-electron chi connectivity index (χ4n) is 2.33. The summed E-state index contributed by atoms with van der Waals surface area (Å²) in [4.78, 5) is 23.7. The van der Waals surface area contributed by atoms with E-state index < -0.39 is 4.92 Å². The predicted molar refractivity (Wildman–Crippen MR) is 97.0 cm³/mol. The van der Waals surface area contributed by atoms with Crippen LogP contribution < -0.4 is 5.43 Å². The number of unbranched alkanes of at least 4 members (excludes halogenated alkanes) is 2. The number of halogens is 1. The highest BCUT2D eigenvalue weighted by molar-refractivity contribution is 8.02. The molecule has 0 bridgehead atoms. The van der Waals surface area contributed by atoms with Gasteiger partial charge in [-0.25, -0.2) is 5.43 Å². The van der Waals surface area contributed by atoms with Crippen molar-refractivity contribution in [3.05, 3.63) is 49.4 Å². The van der Waals surface area contributed by atoms with Gasteiger partial charge in [0.2, 0.25) is 5.78 Å². The van der Waals surface area contributed by atoms with Crippen molar-refractivity contribution in [1.29, 1.82) is 0 Å². The van der Waals surface area contributed by atoms with Gasteiger partial charge in [0.1, 0.15) is 5.02 Å². The summed E-state index contributed by atoms with van der Waals surface area (Å²) in [6.07, 6.45) is 3.41. The molecule has 0 saturated heterocycles. The van der Waals surface area contributed by atoms with E-state index in [0.29, 0.717) is 11.4 Å². The number of carbonyl (C=O) groups is 1. The van der Waals surface area contributed by atoms with Gasteiger partial charge >= 0.3 is 0 Å². The molecule has 0 radical (unpaired) electrons. The monoisotopic (exact) mass is 369 g/mol. The third-order valence-corrected chi connectivity index (χ3v) is 5.16. The van der Waals surface area contributed by atoms with E-state index in [1.807, 2.05) is 11.3 Å². The minimum atomic E-state index is -0.580. The van der Waals surface area contributed by atoms with Gasteiger partial charge in [0.15, 0.2) is 0 Å². The number of ketones is 1. The Bertz CT molecular complexity index is 679. The Labute approximate surface area is 150 Å².